The molecule has 6 rings (SSSR count). The van der Waals surface area contributed by atoms with Crippen molar-refractivity contribution >= 4 is 74.7 Å². The molecule has 0 saturated carbocycles. The fourth-order valence-electron chi connectivity index (χ4n) is 9.60. The molecule has 0 aliphatic carbocycles. The van der Waals surface area contributed by atoms with Crippen LogP contribution in [0.15, 0.2) is 119 Å². The third kappa shape index (κ3) is 11.6. The van der Waals surface area contributed by atoms with Crippen LogP contribution in [0.2, 0.25) is 0 Å². The van der Waals surface area contributed by atoms with Crippen molar-refractivity contribution in [2.24, 2.45) is 0 Å². The number of fused-ring (bicyclic) bond motifs is 6. The van der Waals surface area contributed by atoms with Crippen molar-refractivity contribution in [1.29, 1.82) is 0 Å². The van der Waals surface area contributed by atoms with Crippen LogP contribution in [0.4, 0.5) is 11.4 Å². The second-order valence-corrected chi connectivity index (χ2v) is 22.8. The maximum absolute atomic E-state index is 13.2. The molecule has 0 bridgehead atoms. The first-order chi connectivity index (χ1) is 31.6. The molecule has 67 heavy (non-hydrogen) atoms. The fourth-order valence-corrected chi connectivity index (χ4v) is 11.9. The van der Waals surface area contributed by atoms with Gasteiger partial charge < -0.3 is 24.0 Å². The topological polar surface area (TPSA) is 208 Å². The molecule has 2 aliphatic rings. The van der Waals surface area contributed by atoms with Crippen LogP contribution in [-0.4, -0.2) is 108 Å². The van der Waals surface area contributed by atoms with E-state index in [0.717, 1.165) is 62.9 Å². The number of sulfone groups is 1. The maximum atomic E-state index is 13.2. The van der Waals surface area contributed by atoms with Gasteiger partial charge in [0.15, 0.2) is 15.5 Å². The standard InChI is InChI=1S/C50H60N2O12S3/c1-49(2)44(51(28-13-9-12-18-46(53)54)42-25-19-36-34-38(21-23-40(36)47(42)49)65(55,56)32-15-30-63-4)16-10-7-6-8-11-17-45-50(3,27-14-33-66(57,58)59)48-41-24-22-39(67(60,61)62)35-37(41)20-26-43(48)52(45)29-31-64-5/h6-8,10-11,16-17,19-26,34-35H,9,12-15,18,27-33H2,1-5H3,(H2-,53,54,57,58,59,60,61,62). The Kier molecular flexibility index (Phi) is 16.2. The van der Waals surface area contributed by atoms with Crippen LogP contribution >= 0.6 is 0 Å². The number of ether oxygens (including phenoxy) is 2. The highest BCUT2D eigenvalue weighted by atomic mass is 32.2. The Bertz CT molecular complexity index is 3020. The Balaban J connectivity index is 1.33. The molecule has 0 aromatic heterocycles. The van der Waals surface area contributed by atoms with Crippen LogP contribution in [0.3, 0.4) is 0 Å². The van der Waals surface area contributed by atoms with Gasteiger partial charge in [-0.3, -0.25) is 9.35 Å². The Labute approximate surface area is 394 Å². The van der Waals surface area contributed by atoms with Gasteiger partial charge in [0.1, 0.15) is 6.54 Å². The predicted octanol–water partition coefficient (Wildman–Crippen LogP) is 8.37. The van der Waals surface area contributed by atoms with E-state index in [1.54, 1.807) is 38.5 Å². The Morgan fingerprint density at radius 1 is 0.746 bits per heavy atom. The molecule has 2 N–H and O–H groups in total. The van der Waals surface area contributed by atoms with Gasteiger partial charge in [0.05, 0.1) is 37.7 Å². The second kappa shape index (κ2) is 21.1. The Morgan fingerprint density at radius 3 is 2.06 bits per heavy atom. The molecule has 360 valence electrons. The summed E-state index contributed by atoms with van der Waals surface area (Å²) in [5.74, 6) is -1.38. The molecule has 14 nitrogen and oxygen atoms in total. The molecule has 17 heteroatoms. The molecule has 4 aromatic rings. The average Bonchev–Trinajstić information content (AvgIpc) is 3.63. The third-order valence-corrected chi connectivity index (χ3v) is 16.2. The van der Waals surface area contributed by atoms with Crippen LogP contribution in [0.1, 0.15) is 76.8 Å². The van der Waals surface area contributed by atoms with Crippen molar-refractivity contribution < 1.29 is 58.3 Å². The zero-order valence-corrected chi connectivity index (χ0v) is 41.1. The molecule has 0 saturated heterocycles. The molecule has 2 aliphatic heterocycles. The molecular weight excluding hydrogens is 917 g/mol. The van der Waals surface area contributed by atoms with Crippen molar-refractivity contribution in [2.75, 3.05) is 56.9 Å². The van der Waals surface area contributed by atoms with Gasteiger partial charge in [-0.05, 0) is 122 Å². The lowest BCUT2D eigenvalue weighted by atomic mass is 9.76. The summed E-state index contributed by atoms with van der Waals surface area (Å²) < 4.78 is 108. The van der Waals surface area contributed by atoms with Gasteiger partial charge in [0.25, 0.3) is 10.1 Å². The van der Waals surface area contributed by atoms with Gasteiger partial charge in [0, 0.05) is 80.5 Å². The summed E-state index contributed by atoms with van der Waals surface area (Å²) in [5.41, 5.74) is 4.31. The highest BCUT2D eigenvalue weighted by Crippen LogP contribution is 2.53. The number of nitrogens with zero attached hydrogens (tertiary/aromatic N) is 2. The first kappa shape index (κ1) is 51.4. The number of anilines is 1. The van der Waals surface area contributed by atoms with Gasteiger partial charge in [-0.2, -0.15) is 13.0 Å². The molecule has 1 unspecified atom stereocenters. The number of aliphatic carboxylic acids is 1. The van der Waals surface area contributed by atoms with E-state index in [0.29, 0.717) is 51.0 Å². The molecule has 0 amide bonds. The fraction of sp³-hybridized carbons (Fsp3) is 0.400. The number of carboxylic acids is 1. The van der Waals surface area contributed by atoms with Gasteiger partial charge >= 0.3 is 5.97 Å². The van der Waals surface area contributed by atoms with Crippen molar-refractivity contribution in [3.63, 3.8) is 0 Å². The van der Waals surface area contributed by atoms with Crippen LogP contribution < -0.4 is 4.90 Å². The summed E-state index contributed by atoms with van der Waals surface area (Å²) in [7, 11) is -9.34. The van der Waals surface area contributed by atoms with Crippen LogP contribution in [-0.2, 0) is 55.2 Å². The molecule has 0 radical (unpaired) electrons. The normalized spacial score (nSPS) is 18.2. The summed E-state index contributed by atoms with van der Waals surface area (Å²) in [5, 5.41) is 12.3. The minimum Gasteiger partial charge on any atom is -0.748 e. The van der Waals surface area contributed by atoms with Gasteiger partial charge in [-0.25, -0.2) is 16.8 Å². The number of carbonyl (C=O) groups is 1. The van der Waals surface area contributed by atoms with E-state index in [1.165, 1.54) is 12.1 Å². The smallest absolute Gasteiger partial charge is 0.303 e. The molecule has 2 heterocycles. The lowest BCUT2D eigenvalue weighted by Crippen LogP contribution is -2.31. The summed E-state index contributed by atoms with van der Waals surface area (Å²) in [6, 6.07) is 17.3. The molecular formula is C50H60N2O12S3. The van der Waals surface area contributed by atoms with E-state index < -0.39 is 52.6 Å². The van der Waals surface area contributed by atoms with Gasteiger partial charge in [-0.1, -0.05) is 48.6 Å². The number of hydrogen-bond donors (Lipinski definition) is 2. The Morgan fingerprint density at radius 2 is 1.39 bits per heavy atom. The Hall–Kier alpha value is -5.01. The number of methoxy groups -OCH3 is 2. The minimum absolute atomic E-state index is 0.0123. The number of unbranched alkanes of at least 4 members (excludes halogenated alkanes) is 2. The third-order valence-electron chi connectivity index (χ3n) is 12.7. The van der Waals surface area contributed by atoms with Crippen molar-refractivity contribution in [1.82, 2.24) is 0 Å². The maximum Gasteiger partial charge on any atom is 0.303 e. The lowest BCUT2D eigenvalue weighted by Gasteiger charge is -2.31. The number of carboxylic acid groups (broad SMARTS) is 1. The SMILES string of the molecule is COCCCS(=O)(=O)c1ccc2c3c(ccc2c1)[N+](CCCCCC(=O)O)=C(C=CC=CC=CC=C1N(CCOC)c2ccc4cc(S(=O)(=O)O)ccc4c2C1(C)CCCS(=O)(=O)[O-])C3(C)C. The van der Waals surface area contributed by atoms with E-state index in [1.807, 2.05) is 67.6 Å². The summed E-state index contributed by atoms with van der Waals surface area (Å²) in [6.45, 7) is 8.10. The summed E-state index contributed by atoms with van der Waals surface area (Å²) in [4.78, 5) is 13.3. The average molecular weight is 977 g/mol. The summed E-state index contributed by atoms with van der Waals surface area (Å²) >= 11 is 0. The number of hydrogen-bond acceptors (Lipinski definition) is 11. The molecule has 0 spiro atoms. The van der Waals surface area contributed by atoms with Gasteiger partial charge in [0.2, 0.25) is 5.69 Å². The number of benzene rings is 4. The lowest BCUT2D eigenvalue weighted by molar-refractivity contribution is -0.438. The van der Waals surface area contributed by atoms with Gasteiger partial charge in [-0.15, -0.1) is 0 Å². The molecule has 1 atom stereocenters. The number of rotatable bonds is 23. The molecule has 0 fully saturated rings. The van der Waals surface area contributed by atoms with Crippen molar-refractivity contribution in [3.05, 3.63) is 120 Å². The van der Waals surface area contributed by atoms with E-state index in [2.05, 4.69) is 29.4 Å². The zero-order valence-electron chi connectivity index (χ0n) is 38.6. The quantitative estimate of drug-likeness (QED) is 0.0310. The van der Waals surface area contributed by atoms with E-state index >= 15 is 0 Å². The van der Waals surface area contributed by atoms with Crippen LogP contribution in [0, 0.1) is 0 Å². The number of allylic oxidation sites excluding steroid dienone is 8. The summed E-state index contributed by atoms with van der Waals surface area (Å²) in [6.07, 6.45) is 16.5. The highest BCUT2D eigenvalue weighted by Gasteiger charge is 2.46. The first-order valence-corrected chi connectivity index (χ1v) is 26.9. The highest BCUT2D eigenvalue weighted by molar-refractivity contribution is 7.91. The second-order valence-electron chi connectivity index (χ2n) is 17.7. The van der Waals surface area contributed by atoms with Crippen molar-refractivity contribution in [3.8, 4) is 0 Å². The monoisotopic (exact) mass is 976 g/mol. The van der Waals surface area contributed by atoms with Crippen molar-refractivity contribution in [2.45, 2.75) is 86.3 Å². The first-order valence-electron chi connectivity index (χ1n) is 22.3. The predicted molar refractivity (Wildman–Crippen MR) is 261 cm³/mol. The van der Waals surface area contributed by atoms with Crippen LogP contribution in [0.25, 0.3) is 21.5 Å². The van der Waals surface area contributed by atoms with Crippen LogP contribution in [0.5, 0.6) is 0 Å². The zero-order chi connectivity index (χ0) is 48.8. The minimum atomic E-state index is -4.50. The van der Waals surface area contributed by atoms with E-state index in [4.69, 9.17) is 9.47 Å². The van der Waals surface area contributed by atoms with E-state index in [-0.39, 0.29) is 28.4 Å². The van der Waals surface area contributed by atoms with E-state index in [9.17, 15) is 44.3 Å². The largest absolute Gasteiger partial charge is 0.748 e. The molecule has 4 aromatic carbocycles.